The zero-order valence-corrected chi connectivity index (χ0v) is 11.7. The number of rotatable bonds is 7. The van der Waals surface area contributed by atoms with E-state index in [2.05, 4.69) is 47.6 Å². The first kappa shape index (κ1) is 13.7. The van der Waals surface area contributed by atoms with E-state index in [4.69, 9.17) is 0 Å². The maximum Gasteiger partial charge on any atom is 0.0762 e. The van der Waals surface area contributed by atoms with Gasteiger partial charge in [0.25, 0.3) is 0 Å². The van der Waals surface area contributed by atoms with Crippen LogP contribution in [-0.4, -0.2) is 21.3 Å². The Morgan fingerprint density at radius 3 is 2.89 bits per heavy atom. The molecule has 0 aliphatic heterocycles. The van der Waals surface area contributed by atoms with Gasteiger partial charge in [-0.15, -0.1) is 0 Å². The van der Waals surface area contributed by atoms with Gasteiger partial charge in [0.2, 0.25) is 0 Å². The SMILES string of the molecule is CCC(C)n1ccc(CNCCc2ccccn2)n1. The highest BCUT2D eigenvalue weighted by molar-refractivity contribution is 5.04. The van der Waals surface area contributed by atoms with Crippen LogP contribution >= 0.6 is 0 Å². The average molecular weight is 258 g/mol. The van der Waals surface area contributed by atoms with Crippen molar-refractivity contribution in [1.82, 2.24) is 20.1 Å². The molecule has 0 fully saturated rings. The number of hydrogen-bond acceptors (Lipinski definition) is 3. The van der Waals surface area contributed by atoms with E-state index in [1.807, 2.05) is 23.0 Å². The Morgan fingerprint density at radius 2 is 2.16 bits per heavy atom. The van der Waals surface area contributed by atoms with Crippen LogP contribution in [0.2, 0.25) is 0 Å². The highest BCUT2D eigenvalue weighted by atomic mass is 15.3. The second-order valence-electron chi connectivity index (χ2n) is 4.79. The summed E-state index contributed by atoms with van der Waals surface area (Å²) in [5.41, 5.74) is 2.22. The lowest BCUT2D eigenvalue weighted by atomic mass is 10.3. The van der Waals surface area contributed by atoms with E-state index in [0.717, 1.165) is 37.3 Å². The lowest BCUT2D eigenvalue weighted by Gasteiger charge is -2.08. The molecule has 4 heteroatoms. The molecule has 2 rings (SSSR count). The zero-order chi connectivity index (χ0) is 13.5. The summed E-state index contributed by atoms with van der Waals surface area (Å²) in [7, 11) is 0. The summed E-state index contributed by atoms with van der Waals surface area (Å²) in [5, 5.41) is 7.97. The molecule has 1 unspecified atom stereocenters. The quantitative estimate of drug-likeness (QED) is 0.776. The van der Waals surface area contributed by atoms with Crippen molar-refractivity contribution in [1.29, 1.82) is 0 Å². The Balaban J connectivity index is 1.72. The van der Waals surface area contributed by atoms with Crippen molar-refractivity contribution in [3.05, 3.63) is 48.0 Å². The Hall–Kier alpha value is -1.68. The van der Waals surface area contributed by atoms with Crippen LogP contribution in [0.4, 0.5) is 0 Å². The lowest BCUT2D eigenvalue weighted by Crippen LogP contribution is -2.17. The molecular formula is C15H22N4. The summed E-state index contributed by atoms with van der Waals surface area (Å²) in [6.45, 7) is 6.10. The maximum atomic E-state index is 4.56. The lowest BCUT2D eigenvalue weighted by molar-refractivity contribution is 0.471. The van der Waals surface area contributed by atoms with E-state index < -0.39 is 0 Å². The molecule has 0 amide bonds. The van der Waals surface area contributed by atoms with Crippen LogP contribution in [0.3, 0.4) is 0 Å². The molecule has 2 aromatic heterocycles. The van der Waals surface area contributed by atoms with Crippen LogP contribution < -0.4 is 5.32 Å². The summed E-state index contributed by atoms with van der Waals surface area (Å²) in [5.74, 6) is 0. The molecule has 0 aromatic carbocycles. The third-order valence-corrected chi connectivity index (χ3v) is 3.30. The van der Waals surface area contributed by atoms with E-state index in [1.54, 1.807) is 0 Å². The molecule has 19 heavy (non-hydrogen) atoms. The van der Waals surface area contributed by atoms with Crippen LogP contribution in [0.5, 0.6) is 0 Å². The second kappa shape index (κ2) is 7.04. The van der Waals surface area contributed by atoms with Gasteiger partial charge in [-0.2, -0.15) is 5.10 Å². The van der Waals surface area contributed by atoms with Crippen molar-refractivity contribution in [3.8, 4) is 0 Å². The van der Waals surface area contributed by atoms with Gasteiger partial charge in [0.05, 0.1) is 5.69 Å². The Kier molecular flexibility index (Phi) is 5.10. The molecule has 4 nitrogen and oxygen atoms in total. The van der Waals surface area contributed by atoms with E-state index in [-0.39, 0.29) is 0 Å². The van der Waals surface area contributed by atoms with Crippen molar-refractivity contribution in [2.75, 3.05) is 6.54 Å². The van der Waals surface area contributed by atoms with E-state index in [1.165, 1.54) is 0 Å². The first-order chi connectivity index (χ1) is 9.29. The Labute approximate surface area is 114 Å². The minimum Gasteiger partial charge on any atom is -0.311 e. The molecule has 0 bridgehead atoms. The zero-order valence-electron chi connectivity index (χ0n) is 11.7. The third kappa shape index (κ3) is 4.17. The van der Waals surface area contributed by atoms with Gasteiger partial charge in [-0.1, -0.05) is 13.0 Å². The van der Waals surface area contributed by atoms with Gasteiger partial charge in [0.15, 0.2) is 0 Å². The fraction of sp³-hybridized carbons (Fsp3) is 0.467. The molecule has 2 aromatic rings. The van der Waals surface area contributed by atoms with Crippen molar-refractivity contribution in [3.63, 3.8) is 0 Å². The van der Waals surface area contributed by atoms with Gasteiger partial charge in [-0.3, -0.25) is 9.67 Å². The average Bonchev–Trinajstić information content (AvgIpc) is 2.93. The minimum absolute atomic E-state index is 0.474. The Bertz CT molecular complexity index is 478. The molecule has 2 heterocycles. The van der Waals surface area contributed by atoms with Crippen LogP contribution in [-0.2, 0) is 13.0 Å². The van der Waals surface area contributed by atoms with Gasteiger partial charge in [0.1, 0.15) is 0 Å². The first-order valence-corrected chi connectivity index (χ1v) is 6.94. The molecule has 0 aliphatic carbocycles. The van der Waals surface area contributed by atoms with E-state index in [9.17, 15) is 0 Å². The normalized spacial score (nSPS) is 12.5. The van der Waals surface area contributed by atoms with Crippen LogP contribution in [0.1, 0.15) is 37.7 Å². The predicted octanol–water partition coefficient (Wildman–Crippen LogP) is 2.58. The van der Waals surface area contributed by atoms with Gasteiger partial charge in [-0.25, -0.2) is 0 Å². The molecule has 0 saturated heterocycles. The maximum absolute atomic E-state index is 4.56. The largest absolute Gasteiger partial charge is 0.311 e. The van der Waals surface area contributed by atoms with Gasteiger partial charge >= 0.3 is 0 Å². The summed E-state index contributed by atoms with van der Waals surface area (Å²) in [6, 6.07) is 8.58. The molecule has 0 aliphatic rings. The fourth-order valence-corrected chi connectivity index (χ4v) is 1.88. The number of pyridine rings is 1. The molecular weight excluding hydrogens is 236 g/mol. The standard InChI is InChI=1S/C15H22N4/c1-3-13(2)19-11-8-15(18-19)12-16-10-7-14-6-4-5-9-17-14/h4-6,8-9,11,13,16H,3,7,10,12H2,1-2H3. The summed E-state index contributed by atoms with van der Waals surface area (Å²) in [6.07, 6.45) is 5.95. The molecule has 1 N–H and O–H groups in total. The van der Waals surface area contributed by atoms with E-state index in [0.29, 0.717) is 6.04 Å². The summed E-state index contributed by atoms with van der Waals surface area (Å²) < 4.78 is 2.04. The number of nitrogens with one attached hydrogen (secondary N) is 1. The molecule has 0 radical (unpaired) electrons. The Morgan fingerprint density at radius 1 is 1.26 bits per heavy atom. The van der Waals surface area contributed by atoms with Crippen LogP contribution in [0, 0.1) is 0 Å². The summed E-state index contributed by atoms with van der Waals surface area (Å²) in [4.78, 5) is 4.30. The smallest absolute Gasteiger partial charge is 0.0762 e. The van der Waals surface area contributed by atoms with Crippen LogP contribution in [0.25, 0.3) is 0 Å². The summed E-state index contributed by atoms with van der Waals surface area (Å²) >= 11 is 0. The van der Waals surface area contributed by atoms with Gasteiger partial charge < -0.3 is 5.32 Å². The molecule has 102 valence electrons. The van der Waals surface area contributed by atoms with Crippen molar-refractivity contribution in [2.45, 2.75) is 39.3 Å². The molecule has 0 spiro atoms. The monoisotopic (exact) mass is 258 g/mol. The highest BCUT2D eigenvalue weighted by Gasteiger charge is 2.04. The molecule has 0 saturated carbocycles. The topological polar surface area (TPSA) is 42.7 Å². The predicted molar refractivity (Wildman–Crippen MR) is 76.9 cm³/mol. The van der Waals surface area contributed by atoms with Gasteiger partial charge in [-0.05, 0) is 31.5 Å². The number of hydrogen-bond donors (Lipinski definition) is 1. The highest BCUT2D eigenvalue weighted by Crippen LogP contribution is 2.08. The third-order valence-electron chi connectivity index (χ3n) is 3.30. The van der Waals surface area contributed by atoms with E-state index >= 15 is 0 Å². The molecule has 1 atom stereocenters. The second-order valence-corrected chi connectivity index (χ2v) is 4.79. The van der Waals surface area contributed by atoms with Gasteiger partial charge in [0, 0.05) is 43.6 Å². The number of aromatic nitrogens is 3. The van der Waals surface area contributed by atoms with Crippen molar-refractivity contribution >= 4 is 0 Å². The van der Waals surface area contributed by atoms with Crippen LogP contribution in [0.15, 0.2) is 36.7 Å². The van der Waals surface area contributed by atoms with Crippen molar-refractivity contribution < 1.29 is 0 Å². The minimum atomic E-state index is 0.474. The number of nitrogens with zero attached hydrogens (tertiary/aromatic N) is 3. The first-order valence-electron chi connectivity index (χ1n) is 6.94. The fourth-order valence-electron chi connectivity index (χ4n) is 1.88. The van der Waals surface area contributed by atoms with Crippen molar-refractivity contribution in [2.24, 2.45) is 0 Å².